The van der Waals surface area contributed by atoms with Crippen molar-refractivity contribution in [3.8, 4) is 16.9 Å². The van der Waals surface area contributed by atoms with Gasteiger partial charge in [0.25, 0.3) is 11.8 Å². The Morgan fingerprint density at radius 1 is 0.938 bits per heavy atom. The van der Waals surface area contributed by atoms with Crippen LogP contribution in [0.15, 0.2) is 67.0 Å². The maximum Gasteiger partial charge on any atom is 0.261 e. The lowest BCUT2D eigenvalue weighted by atomic mass is 10.1. The number of ether oxygens (including phenoxy) is 1. The van der Waals surface area contributed by atoms with E-state index in [2.05, 4.69) is 9.97 Å². The number of amides is 2. The van der Waals surface area contributed by atoms with Crippen molar-refractivity contribution in [3.63, 3.8) is 0 Å². The number of hydrogen-bond acceptors (Lipinski definition) is 4. The molecule has 1 aliphatic rings. The minimum atomic E-state index is -0.212. The van der Waals surface area contributed by atoms with Crippen molar-refractivity contribution in [1.82, 2.24) is 14.9 Å². The van der Waals surface area contributed by atoms with Gasteiger partial charge < -0.3 is 9.72 Å². The highest BCUT2D eigenvalue weighted by Crippen LogP contribution is 2.30. The molecule has 2 aromatic heterocycles. The molecule has 0 saturated carbocycles. The Bertz CT molecular complexity index is 1280. The molecule has 0 unspecified atom stereocenters. The van der Waals surface area contributed by atoms with Gasteiger partial charge in [-0.3, -0.25) is 14.5 Å². The van der Waals surface area contributed by atoms with Crippen LogP contribution in [0.2, 0.25) is 5.02 Å². The fourth-order valence-electron chi connectivity index (χ4n) is 3.95. The van der Waals surface area contributed by atoms with Crippen LogP contribution in [0.25, 0.3) is 22.2 Å². The number of benzene rings is 2. The number of carbonyl (C=O) groups excluding carboxylic acids is 2. The van der Waals surface area contributed by atoms with Crippen molar-refractivity contribution in [3.05, 3.63) is 83.1 Å². The van der Waals surface area contributed by atoms with Gasteiger partial charge in [0.1, 0.15) is 11.4 Å². The lowest BCUT2D eigenvalue weighted by molar-refractivity contribution is 0.0649. The maximum atomic E-state index is 12.4. The molecule has 4 aromatic rings. The number of carbonyl (C=O) groups is 2. The van der Waals surface area contributed by atoms with Crippen molar-refractivity contribution in [1.29, 1.82) is 0 Å². The fourth-order valence-corrected chi connectivity index (χ4v) is 4.11. The monoisotopic (exact) mass is 445 g/mol. The van der Waals surface area contributed by atoms with Crippen molar-refractivity contribution in [2.24, 2.45) is 0 Å². The van der Waals surface area contributed by atoms with Crippen LogP contribution in [-0.4, -0.2) is 39.8 Å². The van der Waals surface area contributed by atoms with Crippen molar-refractivity contribution in [2.75, 3.05) is 13.2 Å². The molecule has 0 radical (unpaired) electrons. The molecule has 7 heteroatoms. The van der Waals surface area contributed by atoms with E-state index in [-0.39, 0.29) is 11.8 Å². The van der Waals surface area contributed by atoms with E-state index in [0.29, 0.717) is 35.7 Å². The molecule has 0 fully saturated rings. The average molecular weight is 446 g/mol. The summed E-state index contributed by atoms with van der Waals surface area (Å²) in [5.41, 5.74) is 3.84. The number of rotatable bonds is 7. The van der Waals surface area contributed by atoms with Gasteiger partial charge in [-0.25, -0.2) is 4.98 Å². The molecule has 32 heavy (non-hydrogen) atoms. The number of nitrogens with zero attached hydrogens (tertiary/aromatic N) is 2. The molecule has 160 valence electrons. The Morgan fingerprint density at radius 2 is 1.66 bits per heavy atom. The summed E-state index contributed by atoms with van der Waals surface area (Å²) >= 11 is 6.09. The zero-order valence-corrected chi connectivity index (χ0v) is 17.9. The largest absolute Gasteiger partial charge is 0.494 e. The summed E-state index contributed by atoms with van der Waals surface area (Å²) in [7, 11) is 0. The highest BCUT2D eigenvalue weighted by atomic mass is 35.5. The summed E-state index contributed by atoms with van der Waals surface area (Å²) in [6.45, 7) is 0.904. The Kier molecular flexibility index (Phi) is 5.37. The van der Waals surface area contributed by atoms with Gasteiger partial charge in [0.05, 0.1) is 22.8 Å². The van der Waals surface area contributed by atoms with Crippen molar-refractivity contribution >= 4 is 34.4 Å². The first-order valence-electron chi connectivity index (χ1n) is 10.4. The van der Waals surface area contributed by atoms with Gasteiger partial charge in [-0.2, -0.15) is 0 Å². The number of nitrogens with one attached hydrogen (secondary N) is 1. The first kappa shape index (κ1) is 20.3. The van der Waals surface area contributed by atoms with E-state index in [9.17, 15) is 9.59 Å². The van der Waals surface area contributed by atoms with Gasteiger partial charge in [-0.15, -0.1) is 0 Å². The molecular weight excluding hydrogens is 426 g/mol. The van der Waals surface area contributed by atoms with Crippen LogP contribution < -0.4 is 4.74 Å². The molecule has 6 nitrogen and oxygen atoms in total. The van der Waals surface area contributed by atoms with Crippen LogP contribution in [0.3, 0.4) is 0 Å². The van der Waals surface area contributed by atoms with E-state index in [1.165, 1.54) is 4.90 Å². The minimum Gasteiger partial charge on any atom is -0.494 e. The molecule has 5 rings (SSSR count). The summed E-state index contributed by atoms with van der Waals surface area (Å²) in [6, 6.07) is 16.7. The normalized spacial score (nSPS) is 13.1. The van der Waals surface area contributed by atoms with E-state index in [1.54, 1.807) is 30.5 Å². The van der Waals surface area contributed by atoms with Crippen LogP contribution in [0.4, 0.5) is 0 Å². The second-order valence-corrected chi connectivity index (χ2v) is 8.08. The van der Waals surface area contributed by atoms with Crippen LogP contribution in [0, 0.1) is 0 Å². The second-order valence-electron chi connectivity index (χ2n) is 7.64. The first-order valence-corrected chi connectivity index (χ1v) is 10.8. The number of hydrogen-bond donors (Lipinski definition) is 1. The summed E-state index contributed by atoms with van der Waals surface area (Å²) in [5, 5.41) is 1.57. The number of halogens is 1. The Hall–Kier alpha value is -3.64. The standard InChI is InChI=1S/C25H20ClN3O3/c26-17-13-21-22(15-28-23(21)27-14-17)16-7-9-18(10-8-16)32-12-4-3-11-29-24(30)19-5-1-2-6-20(19)25(29)31/h1-2,5-10,13-15H,3-4,11-12H2,(H,27,28). The van der Waals surface area contributed by atoms with E-state index < -0.39 is 0 Å². The molecule has 0 bridgehead atoms. The van der Waals surface area contributed by atoms with Gasteiger partial charge in [0, 0.05) is 29.9 Å². The highest BCUT2D eigenvalue weighted by Gasteiger charge is 2.34. The Morgan fingerprint density at radius 3 is 2.38 bits per heavy atom. The summed E-state index contributed by atoms with van der Waals surface area (Å²) in [5.74, 6) is 0.345. The van der Waals surface area contributed by atoms with E-state index >= 15 is 0 Å². The molecule has 1 N–H and O–H groups in total. The van der Waals surface area contributed by atoms with Gasteiger partial charge in [0.2, 0.25) is 0 Å². The van der Waals surface area contributed by atoms with Crippen LogP contribution in [0.5, 0.6) is 5.75 Å². The van der Waals surface area contributed by atoms with Gasteiger partial charge >= 0.3 is 0 Å². The van der Waals surface area contributed by atoms with Crippen LogP contribution in [-0.2, 0) is 0 Å². The molecule has 2 aromatic carbocycles. The minimum absolute atomic E-state index is 0.212. The highest BCUT2D eigenvalue weighted by molar-refractivity contribution is 6.31. The van der Waals surface area contributed by atoms with Crippen molar-refractivity contribution < 1.29 is 14.3 Å². The molecule has 1 aliphatic heterocycles. The Balaban J connectivity index is 1.14. The zero-order valence-electron chi connectivity index (χ0n) is 17.2. The molecule has 0 atom stereocenters. The van der Waals surface area contributed by atoms with Gasteiger partial charge in [-0.1, -0.05) is 35.9 Å². The van der Waals surface area contributed by atoms with Gasteiger partial charge in [0.15, 0.2) is 0 Å². The quantitative estimate of drug-likeness (QED) is 0.308. The van der Waals surface area contributed by atoms with Crippen molar-refractivity contribution in [2.45, 2.75) is 12.8 Å². The Labute approximate surface area is 189 Å². The number of H-pyrrole nitrogens is 1. The van der Waals surface area contributed by atoms with E-state index in [0.717, 1.165) is 34.3 Å². The lowest BCUT2D eigenvalue weighted by Gasteiger charge is -2.13. The smallest absolute Gasteiger partial charge is 0.261 e. The number of pyridine rings is 1. The third-order valence-corrected chi connectivity index (χ3v) is 5.79. The number of aromatic amines is 1. The SMILES string of the molecule is O=C1c2ccccc2C(=O)N1CCCCOc1ccc(-c2c[nH]c3ncc(Cl)cc23)cc1. The molecular formula is C25H20ClN3O3. The zero-order chi connectivity index (χ0) is 22.1. The molecule has 0 aliphatic carbocycles. The summed E-state index contributed by atoms with van der Waals surface area (Å²) in [6.07, 6.45) is 4.97. The van der Waals surface area contributed by atoms with Gasteiger partial charge in [-0.05, 0) is 48.7 Å². The third-order valence-electron chi connectivity index (χ3n) is 5.59. The number of imide groups is 1. The topological polar surface area (TPSA) is 75.3 Å². The maximum absolute atomic E-state index is 12.4. The predicted octanol–water partition coefficient (Wildman–Crippen LogP) is 5.34. The lowest BCUT2D eigenvalue weighted by Crippen LogP contribution is -2.30. The second kappa shape index (κ2) is 8.48. The first-order chi connectivity index (χ1) is 15.6. The molecule has 0 saturated heterocycles. The molecule has 3 heterocycles. The number of unbranched alkanes of at least 4 members (excludes halogenated alkanes) is 1. The number of fused-ring (bicyclic) bond motifs is 2. The average Bonchev–Trinajstić information content (AvgIpc) is 3.33. The van der Waals surface area contributed by atoms with Crippen LogP contribution in [0.1, 0.15) is 33.6 Å². The fraction of sp³-hybridized carbons (Fsp3) is 0.160. The van der Waals surface area contributed by atoms with E-state index in [4.69, 9.17) is 16.3 Å². The molecule has 2 amide bonds. The van der Waals surface area contributed by atoms with E-state index in [1.807, 2.05) is 36.5 Å². The summed E-state index contributed by atoms with van der Waals surface area (Å²) < 4.78 is 5.84. The number of aromatic nitrogens is 2. The molecule has 0 spiro atoms. The predicted molar refractivity (Wildman–Crippen MR) is 123 cm³/mol. The summed E-state index contributed by atoms with van der Waals surface area (Å²) in [4.78, 5) is 33.5. The third kappa shape index (κ3) is 3.74. The van der Waals surface area contributed by atoms with Crippen LogP contribution >= 0.6 is 11.6 Å².